The lowest BCUT2D eigenvalue weighted by molar-refractivity contribution is 0.103. The van der Waals surface area contributed by atoms with Gasteiger partial charge in [-0.05, 0) is 83.5 Å². The summed E-state index contributed by atoms with van der Waals surface area (Å²) in [6.45, 7) is 9.38. The molecule has 2 nitrogen and oxygen atoms in total. The average molecular weight is 671 g/mol. The molecular formula is C50H38O2. The zero-order valence-electron chi connectivity index (χ0n) is 29.8. The predicted octanol–water partition coefficient (Wildman–Crippen LogP) is 11.8. The molecule has 0 saturated carbocycles. The molecule has 0 bridgehead atoms. The molecule has 52 heavy (non-hydrogen) atoms. The molecule has 2 heteroatoms. The van der Waals surface area contributed by atoms with Gasteiger partial charge in [0.05, 0.1) is 0 Å². The van der Waals surface area contributed by atoms with Gasteiger partial charge < -0.3 is 0 Å². The van der Waals surface area contributed by atoms with E-state index in [0.29, 0.717) is 5.56 Å². The van der Waals surface area contributed by atoms with Crippen molar-refractivity contribution in [1.29, 1.82) is 0 Å². The summed E-state index contributed by atoms with van der Waals surface area (Å²) in [6, 6.07) is 47.8. The van der Waals surface area contributed by atoms with Crippen molar-refractivity contribution in [3.63, 3.8) is 0 Å². The molecule has 0 fully saturated rings. The molecule has 7 aromatic rings. The van der Waals surface area contributed by atoms with Crippen LogP contribution < -0.4 is 0 Å². The maximum absolute atomic E-state index is 14.1. The van der Waals surface area contributed by atoms with E-state index < -0.39 is 0 Å². The van der Waals surface area contributed by atoms with E-state index in [1.54, 1.807) is 0 Å². The fourth-order valence-electron chi connectivity index (χ4n) is 10.2. The molecule has 0 aliphatic heterocycles. The number of carbonyl (C=O) groups excluding carboxylic acids is 2. The van der Waals surface area contributed by atoms with Crippen LogP contribution in [-0.4, -0.2) is 11.6 Å². The molecule has 0 spiro atoms. The third-order valence-corrected chi connectivity index (χ3v) is 12.5. The Bertz CT molecular complexity index is 2710. The quantitative estimate of drug-likeness (QED) is 0.175. The first-order chi connectivity index (χ1) is 25.2. The van der Waals surface area contributed by atoms with Gasteiger partial charge in [-0.2, -0.15) is 0 Å². The number of fused-ring (bicyclic) bond motifs is 13. The smallest absolute Gasteiger partial charge is 0.193 e. The first-order valence-corrected chi connectivity index (χ1v) is 18.4. The normalized spacial score (nSPS) is 18.6. The molecule has 250 valence electrons. The lowest BCUT2D eigenvalue weighted by Crippen LogP contribution is -2.28. The van der Waals surface area contributed by atoms with E-state index in [0.717, 1.165) is 33.0 Å². The SMILES string of the molecule is CC1(C)c2cc(C(=O)c3ccccc3)c3ccccc3c2-c2ccc3c4c(ccc3c21)C1c2ccccc2C(C(=O)c2ccccc2)=CC1C4(C)C. The first-order valence-electron chi connectivity index (χ1n) is 18.4. The van der Waals surface area contributed by atoms with Crippen molar-refractivity contribution < 1.29 is 9.59 Å². The van der Waals surface area contributed by atoms with Crippen LogP contribution in [0.25, 0.3) is 38.2 Å². The highest BCUT2D eigenvalue weighted by Crippen LogP contribution is 2.61. The Morgan fingerprint density at radius 3 is 1.85 bits per heavy atom. The number of hydrogen-bond acceptors (Lipinski definition) is 2. The minimum absolute atomic E-state index is 0.0526. The standard InChI is InChI=1S/C50H38O2/c1-49(2)41-27-39(47(51)29-15-7-5-8-16-29)31-19-11-13-21-33(31)43(41)37-25-24-36-35(45(37)49)23-26-38-44-34-22-14-12-20-32(34)40(28-42(44)50(3,4)46(36)38)48(52)30-17-9-6-10-18-30/h5-28,41,43H,1-4H3. The predicted molar refractivity (Wildman–Crippen MR) is 212 cm³/mol. The highest BCUT2D eigenvalue weighted by molar-refractivity contribution is 6.29. The second-order valence-electron chi connectivity index (χ2n) is 15.9. The van der Waals surface area contributed by atoms with Crippen molar-refractivity contribution in [3.05, 3.63) is 196 Å². The summed E-state index contributed by atoms with van der Waals surface area (Å²) in [6.07, 6.45) is 2.29. The Morgan fingerprint density at radius 2 is 1.12 bits per heavy atom. The summed E-state index contributed by atoms with van der Waals surface area (Å²) >= 11 is 0. The molecule has 10 rings (SSSR count). The molecule has 2 atom stereocenters. The summed E-state index contributed by atoms with van der Waals surface area (Å²) in [5, 5.41) is 4.66. The van der Waals surface area contributed by atoms with Gasteiger partial charge in [0.25, 0.3) is 0 Å². The van der Waals surface area contributed by atoms with Crippen molar-refractivity contribution in [2.45, 2.75) is 44.4 Å². The van der Waals surface area contributed by atoms with Crippen LogP contribution in [0.2, 0.25) is 0 Å². The van der Waals surface area contributed by atoms with Gasteiger partial charge in [-0.1, -0.05) is 167 Å². The van der Waals surface area contributed by atoms with E-state index >= 15 is 0 Å². The van der Waals surface area contributed by atoms with Crippen LogP contribution in [-0.2, 0) is 10.8 Å². The summed E-state index contributed by atoms with van der Waals surface area (Å²) in [5.74, 6) is 0.418. The number of carbonyl (C=O) groups is 2. The zero-order chi connectivity index (χ0) is 35.5. The van der Waals surface area contributed by atoms with Gasteiger partial charge in [0, 0.05) is 33.6 Å². The van der Waals surface area contributed by atoms with Crippen molar-refractivity contribution in [3.8, 4) is 11.1 Å². The van der Waals surface area contributed by atoms with E-state index in [4.69, 9.17) is 0 Å². The van der Waals surface area contributed by atoms with E-state index in [9.17, 15) is 9.59 Å². The molecular weight excluding hydrogens is 633 g/mol. The van der Waals surface area contributed by atoms with Crippen LogP contribution >= 0.6 is 0 Å². The molecule has 0 amide bonds. The van der Waals surface area contributed by atoms with Gasteiger partial charge in [0.15, 0.2) is 11.6 Å². The van der Waals surface area contributed by atoms with Crippen molar-refractivity contribution >= 4 is 38.7 Å². The molecule has 7 aromatic carbocycles. The van der Waals surface area contributed by atoms with E-state index in [-0.39, 0.29) is 34.2 Å². The maximum atomic E-state index is 14.1. The maximum Gasteiger partial charge on any atom is 0.193 e. The Morgan fingerprint density at radius 1 is 0.519 bits per heavy atom. The largest absolute Gasteiger partial charge is 0.289 e. The van der Waals surface area contributed by atoms with Crippen LogP contribution in [0.5, 0.6) is 0 Å². The van der Waals surface area contributed by atoms with E-state index in [1.165, 1.54) is 49.7 Å². The molecule has 2 unspecified atom stereocenters. The number of Topliss-reactive ketones (excluding diaryl/α,β-unsaturated/α-hetero) is 1. The van der Waals surface area contributed by atoms with E-state index in [1.807, 2.05) is 66.7 Å². The van der Waals surface area contributed by atoms with Crippen molar-refractivity contribution in [2.75, 3.05) is 0 Å². The van der Waals surface area contributed by atoms with Crippen LogP contribution in [0.3, 0.4) is 0 Å². The Hall–Kier alpha value is -5.86. The van der Waals surface area contributed by atoms with E-state index in [2.05, 4.69) is 107 Å². The van der Waals surface area contributed by atoms with Crippen LogP contribution in [0, 0.1) is 5.92 Å². The number of benzene rings is 7. The molecule has 0 N–H and O–H groups in total. The molecule has 0 heterocycles. The number of hydrogen-bond donors (Lipinski definition) is 0. The molecule has 3 aliphatic carbocycles. The molecule has 3 aliphatic rings. The van der Waals surface area contributed by atoms with Crippen LogP contribution in [0.4, 0.5) is 0 Å². The van der Waals surface area contributed by atoms with Gasteiger partial charge in [-0.3, -0.25) is 9.59 Å². The topological polar surface area (TPSA) is 34.1 Å². The van der Waals surface area contributed by atoms with Gasteiger partial charge in [-0.15, -0.1) is 0 Å². The third-order valence-electron chi connectivity index (χ3n) is 12.5. The Labute approximate surface area is 304 Å². The lowest BCUT2D eigenvalue weighted by Gasteiger charge is -2.35. The van der Waals surface area contributed by atoms with Gasteiger partial charge in [0.1, 0.15) is 0 Å². The summed E-state index contributed by atoms with van der Waals surface area (Å²) in [4.78, 5) is 28.2. The molecule has 0 radical (unpaired) electrons. The molecule has 0 aromatic heterocycles. The van der Waals surface area contributed by atoms with Crippen molar-refractivity contribution in [2.24, 2.45) is 5.92 Å². The Kier molecular flexibility index (Phi) is 6.44. The van der Waals surface area contributed by atoms with Crippen LogP contribution in [0.15, 0.2) is 146 Å². The van der Waals surface area contributed by atoms with Crippen molar-refractivity contribution in [1.82, 2.24) is 0 Å². The summed E-state index contributed by atoms with van der Waals surface area (Å²) in [5.41, 5.74) is 12.4. The van der Waals surface area contributed by atoms with Crippen LogP contribution in [0.1, 0.15) is 93.3 Å². The highest BCUT2D eigenvalue weighted by Gasteiger charge is 2.50. The van der Waals surface area contributed by atoms with Gasteiger partial charge >= 0.3 is 0 Å². The van der Waals surface area contributed by atoms with Gasteiger partial charge in [0.2, 0.25) is 0 Å². The first kappa shape index (κ1) is 30.9. The number of rotatable bonds is 4. The minimum Gasteiger partial charge on any atom is -0.289 e. The van der Waals surface area contributed by atoms with Gasteiger partial charge in [-0.25, -0.2) is 0 Å². The monoisotopic (exact) mass is 670 g/mol. The third kappa shape index (κ3) is 4.07. The summed E-state index contributed by atoms with van der Waals surface area (Å²) < 4.78 is 0. The second-order valence-corrected chi connectivity index (χ2v) is 15.9. The number of allylic oxidation sites excluding steroid dienone is 2. The minimum atomic E-state index is -0.342. The fourth-order valence-corrected chi connectivity index (χ4v) is 10.2. The second kappa shape index (κ2) is 10.8. The Balaban J connectivity index is 1.18. The fraction of sp³-hybridized carbons (Fsp3) is 0.160. The highest BCUT2D eigenvalue weighted by atomic mass is 16.1. The lowest BCUT2D eigenvalue weighted by atomic mass is 9.68. The summed E-state index contributed by atoms with van der Waals surface area (Å²) in [7, 11) is 0. The number of ketones is 2. The molecule has 0 saturated heterocycles. The zero-order valence-corrected chi connectivity index (χ0v) is 29.8. The average Bonchev–Trinajstić information content (AvgIpc) is 3.57.